The molecule has 0 radical (unpaired) electrons. The Balaban J connectivity index is 2.32. The third kappa shape index (κ3) is 5.19. The highest BCUT2D eigenvalue weighted by molar-refractivity contribution is 5.27. The summed E-state index contributed by atoms with van der Waals surface area (Å²) in [6.07, 6.45) is 4.30. The molecule has 0 bridgehead atoms. The first kappa shape index (κ1) is 15.2. The van der Waals surface area contributed by atoms with Gasteiger partial charge in [-0.1, -0.05) is 44.0 Å². The average Bonchev–Trinajstić information content (AvgIpc) is 2.37. The zero-order chi connectivity index (χ0) is 13.4. The molecule has 0 fully saturated rings. The molecule has 1 atom stereocenters. The van der Waals surface area contributed by atoms with Gasteiger partial charge in [-0.2, -0.15) is 0 Å². The molecule has 0 aliphatic rings. The summed E-state index contributed by atoms with van der Waals surface area (Å²) in [5, 5.41) is 10.2. The van der Waals surface area contributed by atoms with Gasteiger partial charge in [-0.15, -0.1) is 0 Å². The average molecular weight is 249 g/mol. The minimum Gasteiger partial charge on any atom is -0.388 e. The number of hydrogen-bond donors (Lipinski definition) is 1. The Morgan fingerprint density at radius 3 is 2.56 bits per heavy atom. The van der Waals surface area contributed by atoms with Gasteiger partial charge in [-0.3, -0.25) is 0 Å². The maximum atomic E-state index is 10.2. The molecule has 1 unspecified atom stereocenters. The topological polar surface area (TPSA) is 23.5 Å². The van der Waals surface area contributed by atoms with Crippen molar-refractivity contribution in [1.82, 2.24) is 4.90 Å². The van der Waals surface area contributed by atoms with Crippen LogP contribution >= 0.6 is 0 Å². The first-order chi connectivity index (χ1) is 8.65. The molecular formula is C16H27NO. The van der Waals surface area contributed by atoms with Crippen LogP contribution in [0.5, 0.6) is 0 Å². The number of unbranched alkanes of at least 4 members (excludes halogenated alkanes) is 2. The van der Waals surface area contributed by atoms with Crippen LogP contribution in [-0.4, -0.2) is 30.1 Å². The fourth-order valence-corrected chi connectivity index (χ4v) is 2.20. The second-order valence-corrected chi connectivity index (χ2v) is 5.17. The second kappa shape index (κ2) is 8.28. The van der Waals surface area contributed by atoms with Gasteiger partial charge in [0.15, 0.2) is 0 Å². The van der Waals surface area contributed by atoms with Crippen LogP contribution in [0.15, 0.2) is 24.3 Å². The van der Waals surface area contributed by atoms with E-state index in [9.17, 15) is 5.11 Å². The lowest BCUT2D eigenvalue weighted by atomic mass is 10.0. The molecule has 0 saturated carbocycles. The second-order valence-electron chi connectivity index (χ2n) is 5.17. The molecule has 0 amide bonds. The van der Waals surface area contributed by atoms with Crippen molar-refractivity contribution in [1.29, 1.82) is 0 Å². The Morgan fingerprint density at radius 1 is 1.17 bits per heavy atom. The van der Waals surface area contributed by atoms with Crippen LogP contribution in [0.2, 0.25) is 0 Å². The summed E-state index contributed by atoms with van der Waals surface area (Å²) < 4.78 is 0. The van der Waals surface area contributed by atoms with Crippen molar-refractivity contribution in [3.05, 3.63) is 35.4 Å². The quantitative estimate of drug-likeness (QED) is 0.712. The number of benzene rings is 1. The highest BCUT2D eigenvalue weighted by Crippen LogP contribution is 2.20. The minimum atomic E-state index is -0.333. The van der Waals surface area contributed by atoms with Crippen LogP contribution < -0.4 is 0 Å². The molecule has 18 heavy (non-hydrogen) atoms. The Labute approximate surface area is 112 Å². The molecule has 0 heterocycles. The summed E-state index contributed by atoms with van der Waals surface area (Å²) in [4.78, 5) is 2.32. The molecule has 0 aliphatic carbocycles. The van der Waals surface area contributed by atoms with E-state index in [1.807, 2.05) is 18.2 Å². The van der Waals surface area contributed by atoms with Crippen molar-refractivity contribution in [3.63, 3.8) is 0 Å². The van der Waals surface area contributed by atoms with Crippen LogP contribution in [0.25, 0.3) is 0 Å². The Kier molecular flexibility index (Phi) is 6.99. The lowest BCUT2D eigenvalue weighted by Gasteiger charge is -2.19. The van der Waals surface area contributed by atoms with Crippen LogP contribution in [0.4, 0.5) is 0 Å². The Hall–Kier alpha value is -0.860. The van der Waals surface area contributed by atoms with Gasteiger partial charge in [0.1, 0.15) is 0 Å². The summed E-state index contributed by atoms with van der Waals surface area (Å²) in [5.74, 6) is 0. The smallest absolute Gasteiger partial charge is 0.0804 e. The lowest BCUT2D eigenvalue weighted by molar-refractivity contribution is 0.148. The number of aliphatic hydroxyl groups excluding tert-OH is 1. The number of rotatable bonds is 8. The Morgan fingerprint density at radius 2 is 1.89 bits per heavy atom. The van der Waals surface area contributed by atoms with E-state index in [2.05, 4.69) is 31.9 Å². The van der Waals surface area contributed by atoms with Gasteiger partial charge >= 0.3 is 0 Å². The first-order valence-corrected chi connectivity index (χ1v) is 7.07. The lowest BCUT2D eigenvalue weighted by Crippen LogP contribution is -2.22. The fourth-order valence-electron chi connectivity index (χ4n) is 2.20. The molecule has 1 rings (SSSR count). The minimum absolute atomic E-state index is 0.333. The molecule has 2 nitrogen and oxygen atoms in total. The van der Waals surface area contributed by atoms with E-state index in [0.29, 0.717) is 0 Å². The molecule has 0 saturated heterocycles. The van der Waals surface area contributed by atoms with Crippen molar-refractivity contribution in [2.24, 2.45) is 0 Å². The van der Waals surface area contributed by atoms with E-state index < -0.39 is 0 Å². The first-order valence-electron chi connectivity index (χ1n) is 7.07. The number of aryl methyl sites for hydroxylation is 1. The fraction of sp³-hybridized carbons (Fsp3) is 0.625. The number of aliphatic hydroxyl groups is 1. The molecule has 0 aliphatic heterocycles. The van der Waals surface area contributed by atoms with Gasteiger partial charge in [0.05, 0.1) is 6.10 Å². The van der Waals surface area contributed by atoms with E-state index >= 15 is 0 Å². The number of nitrogens with zero attached hydrogens (tertiary/aromatic N) is 1. The van der Waals surface area contributed by atoms with Gasteiger partial charge in [0.25, 0.3) is 0 Å². The zero-order valence-electron chi connectivity index (χ0n) is 12.0. The van der Waals surface area contributed by atoms with Gasteiger partial charge in [-0.05, 0) is 44.5 Å². The molecule has 0 aromatic heterocycles. The molecule has 1 N–H and O–H groups in total. The third-order valence-corrected chi connectivity index (χ3v) is 3.48. The van der Waals surface area contributed by atoms with Gasteiger partial charge in [-0.25, -0.2) is 0 Å². The van der Waals surface area contributed by atoms with Crippen LogP contribution in [0.3, 0.4) is 0 Å². The highest BCUT2D eigenvalue weighted by atomic mass is 16.3. The summed E-state index contributed by atoms with van der Waals surface area (Å²) in [7, 11) is 2.14. The largest absolute Gasteiger partial charge is 0.388 e. The van der Waals surface area contributed by atoms with Crippen molar-refractivity contribution in [3.8, 4) is 0 Å². The van der Waals surface area contributed by atoms with Gasteiger partial charge in [0.2, 0.25) is 0 Å². The van der Waals surface area contributed by atoms with Crippen molar-refractivity contribution in [2.75, 3.05) is 20.1 Å². The summed E-state index contributed by atoms with van der Waals surface area (Å²) >= 11 is 0. The molecule has 102 valence electrons. The summed E-state index contributed by atoms with van der Waals surface area (Å²) in [6, 6.07) is 8.10. The summed E-state index contributed by atoms with van der Waals surface area (Å²) in [6.45, 7) is 6.37. The van der Waals surface area contributed by atoms with E-state index in [0.717, 1.165) is 25.1 Å². The monoisotopic (exact) mass is 249 g/mol. The maximum Gasteiger partial charge on any atom is 0.0804 e. The molecule has 1 aromatic rings. The normalized spacial score (nSPS) is 12.9. The van der Waals surface area contributed by atoms with Crippen molar-refractivity contribution >= 4 is 0 Å². The van der Waals surface area contributed by atoms with Crippen LogP contribution in [-0.2, 0) is 0 Å². The van der Waals surface area contributed by atoms with E-state index in [4.69, 9.17) is 0 Å². The van der Waals surface area contributed by atoms with E-state index in [1.165, 1.54) is 24.8 Å². The van der Waals surface area contributed by atoms with E-state index in [1.54, 1.807) is 0 Å². The predicted molar refractivity (Wildman–Crippen MR) is 77.8 cm³/mol. The zero-order valence-corrected chi connectivity index (χ0v) is 12.0. The maximum absolute atomic E-state index is 10.2. The van der Waals surface area contributed by atoms with Crippen LogP contribution in [0.1, 0.15) is 49.8 Å². The SMILES string of the molecule is CCCCCN(C)CCC(O)c1ccccc1C. The van der Waals surface area contributed by atoms with Crippen LogP contribution in [0, 0.1) is 6.92 Å². The number of hydrogen-bond acceptors (Lipinski definition) is 2. The van der Waals surface area contributed by atoms with Crippen molar-refractivity contribution in [2.45, 2.75) is 45.6 Å². The molecule has 1 aromatic carbocycles. The standard InChI is InChI=1S/C16H27NO/c1-4-5-8-12-17(3)13-11-16(18)15-10-7-6-9-14(15)2/h6-7,9-10,16,18H,4-5,8,11-13H2,1-3H3. The van der Waals surface area contributed by atoms with E-state index in [-0.39, 0.29) is 6.10 Å². The molecule has 2 heteroatoms. The molecular weight excluding hydrogens is 222 g/mol. The summed E-state index contributed by atoms with van der Waals surface area (Å²) in [5.41, 5.74) is 2.25. The highest BCUT2D eigenvalue weighted by Gasteiger charge is 2.10. The van der Waals surface area contributed by atoms with Gasteiger partial charge in [0, 0.05) is 6.54 Å². The van der Waals surface area contributed by atoms with Gasteiger partial charge < -0.3 is 10.0 Å². The third-order valence-electron chi connectivity index (χ3n) is 3.48. The molecule has 0 spiro atoms. The Bertz CT molecular complexity index is 338. The van der Waals surface area contributed by atoms with Crippen molar-refractivity contribution < 1.29 is 5.11 Å². The predicted octanol–water partition coefficient (Wildman–Crippen LogP) is 3.54.